The summed E-state index contributed by atoms with van der Waals surface area (Å²) in [6.45, 7) is 2.55. The molecule has 0 fully saturated rings. The van der Waals surface area contributed by atoms with Crippen molar-refractivity contribution in [3.05, 3.63) is 76.3 Å². The summed E-state index contributed by atoms with van der Waals surface area (Å²) in [6, 6.07) is 19.1. The predicted molar refractivity (Wildman–Crippen MR) is 114 cm³/mol. The summed E-state index contributed by atoms with van der Waals surface area (Å²) in [5.74, 6) is 0.0160. The highest BCUT2D eigenvalue weighted by atomic mass is 35.5. The fraction of sp³-hybridized carbons (Fsp3) is 0.130. The van der Waals surface area contributed by atoms with Crippen molar-refractivity contribution in [3.63, 3.8) is 0 Å². The second-order valence-electron chi connectivity index (χ2n) is 6.22. The highest BCUT2D eigenvalue weighted by Crippen LogP contribution is 2.38. The zero-order valence-corrected chi connectivity index (χ0v) is 16.6. The number of nitrogens with two attached hydrogens (primary N) is 1. The Kier molecular flexibility index (Phi) is 6.38. The number of fused-ring (bicyclic) bond motifs is 1. The fourth-order valence-electron chi connectivity index (χ4n) is 2.97. The molecule has 0 aliphatic carbocycles. The van der Waals surface area contributed by atoms with Gasteiger partial charge >= 0.3 is 0 Å². The van der Waals surface area contributed by atoms with Crippen LogP contribution in [-0.2, 0) is 11.4 Å². The average Bonchev–Trinajstić information content (AvgIpc) is 2.71. The van der Waals surface area contributed by atoms with E-state index in [2.05, 4.69) is 0 Å². The van der Waals surface area contributed by atoms with Gasteiger partial charge in [-0.15, -0.1) is 0 Å². The van der Waals surface area contributed by atoms with Gasteiger partial charge in [-0.25, -0.2) is 0 Å². The fourth-order valence-corrected chi connectivity index (χ4v) is 3.24. The summed E-state index contributed by atoms with van der Waals surface area (Å²) in [7, 11) is 0. The van der Waals surface area contributed by atoms with Gasteiger partial charge in [0, 0.05) is 0 Å². The summed E-state index contributed by atoms with van der Waals surface area (Å²) in [5, 5.41) is 11.6. The van der Waals surface area contributed by atoms with Crippen molar-refractivity contribution in [1.82, 2.24) is 0 Å². The molecular formula is C23H19ClN2O3. The quantitative estimate of drug-likeness (QED) is 0.448. The topological polar surface area (TPSA) is 85.3 Å². The predicted octanol–water partition coefficient (Wildman–Crippen LogP) is 4.86. The van der Waals surface area contributed by atoms with Gasteiger partial charge in [0.15, 0.2) is 11.5 Å². The Hall–Kier alpha value is -3.49. The van der Waals surface area contributed by atoms with Crippen LogP contribution in [0.3, 0.4) is 0 Å². The Morgan fingerprint density at radius 1 is 1.17 bits per heavy atom. The van der Waals surface area contributed by atoms with E-state index in [1.807, 2.05) is 49.4 Å². The minimum Gasteiger partial charge on any atom is -0.490 e. The van der Waals surface area contributed by atoms with Crippen molar-refractivity contribution in [2.75, 3.05) is 6.61 Å². The molecule has 6 heteroatoms. The number of nitriles is 1. The first-order valence-electron chi connectivity index (χ1n) is 9.01. The van der Waals surface area contributed by atoms with E-state index >= 15 is 0 Å². The van der Waals surface area contributed by atoms with Crippen LogP contribution in [0.15, 0.2) is 60.2 Å². The number of ether oxygens (including phenoxy) is 2. The largest absolute Gasteiger partial charge is 0.490 e. The van der Waals surface area contributed by atoms with Crippen LogP contribution >= 0.6 is 11.6 Å². The van der Waals surface area contributed by atoms with Gasteiger partial charge in [-0.05, 0) is 47.0 Å². The number of primary amides is 1. The van der Waals surface area contributed by atoms with Gasteiger partial charge in [0.25, 0.3) is 5.91 Å². The van der Waals surface area contributed by atoms with Gasteiger partial charge in [0.05, 0.1) is 11.6 Å². The van der Waals surface area contributed by atoms with E-state index in [-0.39, 0.29) is 5.57 Å². The highest BCUT2D eigenvalue weighted by molar-refractivity contribution is 6.32. The third-order valence-corrected chi connectivity index (χ3v) is 4.56. The van der Waals surface area contributed by atoms with E-state index in [0.29, 0.717) is 35.3 Å². The number of carbonyl (C=O) groups is 1. The first-order chi connectivity index (χ1) is 14.0. The molecule has 5 nitrogen and oxygen atoms in total. The molecule has 0 atom stereocenters. The molecule has 0 saturated heterocycles. The van der Waals surface area contributed by atoms with E-state index in [1.165, 1.54) is 6.08 Å². The number of rotatable bonds is 7. The summed E-state index contributed by atoms with van der Waals surface area (Å²) in [4.78, 5) is 11.3. The second-order valence-corrected chi connectivity index (χ2v) is 6.63. The number of hydrogen-bond acceptors (Lipinski definition) is 4. The average molecular weight is 407 g/mol. The Balaban J connectivity index is 1.94. The lowest BCUT2D eigenvalue weighted by molar-refractivity contribution is -0.114. The first kappa shape index (κ1) is 20.2. The van der Waals surface area contributed by atoms with E-state index in [0.717, 1.165) is 16.3 Å². The van der Waals surface area contributed by atoms with Crippen molar-refractivity contribution in [3.8, 4) is 17.6 Å². The molecule has 0 spiro atoms. The molecule has 0 heterocycles. The van der Waals surface area contributed by atoms with Gasteiger partial charge in [-0.2, -0.15) is 5.26 Å². The minimum absolute atomic E-state index is 0.173. The summed E-state index contributed by atoms with van der Waals surface area (Å²) >= 11 is 6.43. The van der Waals surface area contributed by atoms with E-state index < -0.39 is 5.91 Å². The Morgan fingerprint density at radius 2 is 1.93 bits per heavy atom. The smallest absolute Gasteiger partial charge is 0.259 e. The van der Waals surface area contributed by atoms with Crippen LogP contribution in [0.2, 0.25) is 5.02 Å². The van der Waals surface area contributed by atoms with Crippen LogP contribution in [0.25, 0.3) is 16.8 Å². The highest BCUT2D eigenvalue weighted by Gasteiger charge is 2.14. The van der Waals surface area contributed by atoms with E-state index in [4.69, 9.17) is 32.1 Å². The first-order valence-corrected chi connectivity index (χ1v) is 9.38. The summed E-state index contributed by atoms with van der Waals surface area (Å²) < 4.78 is 11.7. The van der Waals surface area contributed by atoms with Crippen molar-refractivity contribution in [1.29, 1.82) is 5.26 Å². The van der Waals surface area contributed by atoms with Crippen molar-refractivity contribution < 1.29 is 14.3 Å². The van der Waals surface area contributed by atoms with Crippen LogP contribution < -0.4 is 15.2 Å². The lowest BCUT2D eigenvalue weighted by Crippen LogP contribution is -2.12. The SMILES string of the molecule is CCOc1cc(C=C(C#N)C(N)=O)cc(Cl)c1OCc1cccc2ccccc12. The molecule has 1 amide bonds. The van der Waals surface area contributed by atoms with Gasteiger partial charge in [0.1, 0.15) is 18.2 Å². The number of benzene rings is 3. The molecule has 0 aliphatic rings. The second kappa shape index (κ2) is 9.13. The third kappa shape index (κ3) is 4.68. The zero-order valence-electron chi connectivity index (χ0n) is 15.8. The lowest BCUT2D eigenvalue weighted by atomic mass is 10.1. The Labute approximate surface area is 173 Å². The van der Waals surface area contributed by atoms with Crippen LogP contribution in [0.5, 0.6) is 11.5 Å². The van der Waals surface area contributed by atoms with Crippen LogP contribution in [0, 0.1) is 11.3 Å². The van der Waals surface area contributed by atoms with Crippen LogP contribution in [0.4, 0.5) is 0 Å². The van der Waals surface area contributed by atoms with Gasteiger partial charge in [-0.1, -0.05) is 54.1 Å². The molecular weight excluding hydrogens is 388 g/mol. The monoisotopic (exact) mass is 406 g/mol. The molecule has 0 radical (unpaired) electrons. The van der Waals surface area contributed by atoms with Crippen LogP contribution in [-0.4, -0.2) is 12.5 Å². The Bertz CT molecular complexity index is 1130. The van der Waals surface area contributed by atoms with Crippen molar-refractivity contribution in [2.45, 2.75) is 13.5 Å². The lowest BCUT2D eigenvalue weighted by Gasteiger charge is -2.15. The maximum atomic E-state index is 11.3. The van der Waals surface area contributed by atoms with Gasteiger partial charge < -0.3 is 15.2 Å². The number of carbonyl (C=O) groups excluding carboxylic acids is 1. The number of halogens is 1. The minimum atomic E-state index is -0.808. The van der Waals surface area contributed by atoms with Gasteiger partial charge in [0.2, 0.25) is 0 Å². The molecule has 146 valence electrons. The summed E-state index contributed by atoms with van der Waals surface area (Å²) in [5.41, 5.74) is 6.56. The molecule has 0 saturated carbocycles. The normalized spacial score (nSPS) is 11.1. The van der Waals surface area contributed by atoms with Crippen LogP contribution in [0.1, 0.15) is 18.1 Å². The molecule has 3 aromatic carbocycles. The molecule has 3 rings (SSSR count). The number of hydrogen-bond donors (Lipinski definition) is 1. The Morgan fingerprint density at radius 3 is 2.66 bits per heavy atom. The number of nitrogens with zero attached hydrogens (tertiary/aromatic N) is 1. The molecule has 0 unspecified atom stereocenters. The van der Waals surface area contributed by atoms with E-state index in [1.54, 1.807) is 18.2 Å². The third-order valence-electron chi connectivity index (χ3n) is 4.28. The van der Waals surface area contributed by atoms with E-state index in [9.17, 15) is 4.79 Å². The molecule has 0 aliphatic heterocycles. The standard InChI is InChI=1S/C23H19ClN2O3/c1-2-28-21-12-15(10-18(13-25)23(26)27)11-20(24)22(21)29-14-17-8-5-7-16-6-3-4-9-19(16)17/h3-12H,2,14H2,1H3,(H2,26,27). The molecule has 29 heavy (non-hydrogen) atoms. The molecule has 3 aromatic rings. The maximum Gasteiger partial charge on any atom is 0.259 e. The molecule has 0 aromatic heterocycles. The molecule has 0 bridgehead atoms. The zero-order chi connectivity index (χ0) is 20.8. The maximum absolute atomic E-state index is 11.3. The molecule has 2 N–H and O–H groups in total. The van der Waals surface area contributed by atoms with Gasteiger partial charge in [-0.3, -0.25) is 4.79 Å². The van der Waals surface area contributed by atoms with Crippen molar-refractivity contribution >= 4 is 34.4 Å². The number of amides is 1. The van der Waals surface area contributed by atoms with Crippen molar-refractivity contribution in [2.24, 2.45) is 5.73 Å². The summed E-state index contributed by atoms with van der Waals surface area (Å²) in [6.07, 6.45) is 1.37.